The van der Waals surface area contributed by atoms with Crippen LogP contribution in [0.5, 0.6) is 0 Å². The van der Waals surface area contributed by atoms with Crippen LogP contribution in [-0.4, -0.2) is 21.2 Å². The van der Waals surface area contributed by atoms with E-state index in [1.165, 1.54) is 4.40 Å². The maximum atomic E-state index is 11.9. The van der Waals surface area contributed by atoms with Crippen LogP contribution in [0.4, 0.5) is 0 Å². The zero-order valence-electron chi connectivity index (χ0n) is 9.97. The minimum atomic E-state index is -0.112. The summed E-state index contributed by atoms with van der Waals surface area (Å²) < 4.78 is 1.45. The normalized spacial score (nSPS) is 12.8. The molecule has 2 N–H and O–H groups in total. The van der Waals surface area contributed by atoms with Crippen LogP contribution in [-0.2, 0) is 5.75 Å². The summed E-state index contributed by atoms with van der Waals surface area (Å²) in [4.78, 5) is 16.3. The van der Waals surface area contributed by atoms with Crippen molar-refractivity contribution in [1.29, 1.82) is 0 Å². The van der Waals surface area contributed by atoms with E-state index in [1.807, 2.05) is 0 Å². The smallest absolute Gasteiger partial charge is 0.258 e. The topological polar surface area (TPSA) is 60.4 Å². The molecule has 0 radical (unpaired) electrons. The summed E-state index contributed by atoms with van der Waals surface area (Å²) in [5.74, 6) is 0.687. The Balaban J connectivity index is 2.32. The summed E-state index contributed by atoms with van der Waals surface area (Å²) in [6.45, 7) is 2.67. The standard InChI is InChI=1S/C12H14ClN3OS/c1-8(5-14)18-7-10-4-12(17)16-6-9(13)2-3-11(16)15-10/h2-4,6,8H,5,7,14H2,1H3. The van der Waals surface area contributed by atoms with Gasteiger partial charge in [0.2, 0.25) is 0 Å². The van der Waals surface area contributed by atoms with E-state index in [4.69, 9.17) is 17.3 Å². The molecule has 0 saturated heterocycles. The van der Waals surface area contributed by atoms with Crippen molar-refractivity contribution < 1.29 is 0 Å². The molecule has 2 heterocycles. The van der Waals surface area contributed by atoms with E-state index >= 15 is 0 Å². The molecular weight excluding hydrogens is 270 g/mol. The Bertz CT molecular complexity index is 614. The largest absolute Gasteiger partial charge is 0.329 e. The van der Waals surface area contributed by atoms with Crippen LogP contribution in [0.25, 0.3) is 5.65 Å². The number of halogens is 1. The highest BCUT2D eigenvalue weighted by Gasteiger charge is 2.05. The van der Waals surface area contributed by atoms with E-state index in [0.29, 0.717) is 28.2 Å². The van der Waals surface area contributed by atoms with Crippen LogP contribution < -0.4 is 11.3 Å². The van der Waals surface area contributed by atoms with Gasteiger partial charge in [0.1, 0.15) is 5.65 Å². The summed E-state index contributed by atoms with van der Waals surface area (Å²) >= 11 is 7.53. The van der Waals surface area contributed by atoms with Crippen molar-refractivity contribution in [3.63, 3.8) is 0 Å². The van der Waals surface area contributed by atoms with Gasteiger partial charge in [0.05, 0.1) is 10.7 Å². The van der Waals surface area contributed by atoms with E-state index in [1.54, 1.807) is 36.2 Å². The molecule has 0 bridgehead atoms. The van der Waals surface area contributed by atoms with Crippen LogP contribution in [0.15, 0.2) is 29.2 Å². The van der Waals surface area contributed by atoms with E-state index in [2.05, 4.69) is 11.9 Å². The minimum absolute atomic E-state index is 0.112. The molecule has 0 aromatic carbocycles. The van der Waals surface area contributed by atoms with Crippen LogP contribution in [0.3, 0.4) is 0 Å². The quantitative estimate of drug-likeness (QED) is 0.931. The first-order valence-electron chi connectivity index (χ1n) is 5.59. The first kappa shape index (κ1) is 13.4. The lowest BCUT2D eigenvalue weighted by molar-refractivity contribution is 0.946. The summed E-state index contributed by atoms with van der Waals surface area (Å²) in [6, 6.07) is 5.01. The molecular formula is C12H14ClN3OS. The van der Waals surface area contributed by atoms with Crippen molar-refractivity contribution in [2.75, 3.05) is 6.54 Å². The fourth-order valence-electron chi connectivity index (χ4n) is 1.50. The highest BCUT2D eigenvalue weighted by atomic mass is 35.5. The molecule has 1 atom stereocenters. The number of nitrogens with zero attached hydrogens (tertiary/aromatic N) is 2. The molecule has 2 aromatic rings. The Kier molecular flexibility index (Phi) is 4.27. The Morgan fingerprint density at radius 2 is 2.33 bits per heavy atom. The lowest BCUT2D eigenvalue weighted by atomic mass is 10.4. The molecule has 4 nitrogen and oxygen atoms in total. The summed E-state index contributed by atoms with van der Waals surface area (Å²) in [5.41, 5.74) is 6.82. The summed E-state index contributed by atoms with van der Waals surface area (Å²) in [5, 5.41) is 0.876. The second kappa shape index (κ2) is 5.73. The van der Waals surface area contributed by atoms with Gasteiger partial charge in [0, 0.05) is 29.8 Å². The van der Waals surface area contributed by atoms with Gasteiger partial charge in [0.25, 0.3) is 5.56 Å². The first-order valence-corrected chi connectivity index (χ1v) is 7.02. The third kappa shape index (κ3) is 3.04. The average Bonchev–Trinajstić information content (AvgIpc) is 2.37. The molecule has 0 fully saturated rings. The van der Waals surface area contributed by atoms with E-state index in [0.717, 1.165) is 5.69 Å². The highest BCUT2D eigenvalue weighted by Crippen LogP contribution is 2.15. The molecule has 2 aromatic heterocycles. The number of rotatable bonds is 4. The molecule has 0 saturated carbocycles. The Morgan fingerprint density at radius 1 is 1.56 bits per heavy atom. The molecule has 1 unspecified atom stereocenters. The average molecular weight is 284 g/mol. The van der Waals surface area contributed by atoms with Crippen molar-refractivity contribution in [2.24, 2.45) is 5.73 Å². The number of aromatic nitrogens is 2. The predicted molar refractivity (Wildman–Crippen MR) is 76.3 cm³/mol. The number of hydrogen-bond donors (Lipinski definition) is 1. The molecule has 0 spiro atoms. The molecule has 6 heteroatoms. The van der Waals surface area contributed by atoms with Gasteiger partial charge in [-0.05, 0) is 12.1 Å². The molecule has 2 rings (SSSR count). The van der Waals surface area contributed by atoms with Crippen molar-refractivity contribution in [2.45, 2.75) is 17.9 Å². The van der Waals surface area contributed by atoms with Crippen LogP contribution in [0, 0.1) is 0 Å². The monoisotopic (exact) mass is 283 g/mol. The Labute approximate surface area is 114 Å². The zero-order valence-corrected chi connectivity index (χ0v) is 11.5. The van der Waals surface area contributed by atoms with Crippen LogP contribution >= 0.6 is 23.4 Å². The van der Waals surface area contributed by atoms with Gasteiger partial charge in [-0.15, -0.1) is 0 Å². The van der Waals surface area contributed by atoms with Gasteiger partial charge in [-0.3, -0.25) is 9.20 Å². The third-order valence-electron chi connectivity index (χ3n) is 2.52. The van der Waals surface area contributed by atoms with Gasteiger partial charge >= 0.3 is 0 Å². The van der Waals surface area contributed by atoms with Gasteiger partial charge in [-0.1, -0.05) is 18.5 Å². The number of pyridine rings is 1. The maximum absolute atomic E-state index is 11.9. The van der Waals surface area contributed by atoms with Crippen molar-refractivity contribution >= 4 is 29.0 Å². The number of thioether (sulfide) groups is 1. The van der Waals surface area contributed by atoms with Crippen molar-refractivity contribution in [1.82, 2.24) is 9.38 Å². The summed E-state index contributed by atoms with van der Waals surface area (Å²) in [7, 11) is 0. The fourth-order valence-corrected chi connectivity index (χ4v) is 2.40. The van der Waals surface area contributed by atoms with Gasteiger partial charge in [0.15, 0.2) is 0 Å². The van der Waals surface area contributed by atoms with E-state index in [9.17, 15) is 4.79 Å². The van der Waals surface area contributed by atoms with Gasteiger partial charge in [-0.2, -0.15) is 11.8 Å². The van der Waals surface area contributed by atoms with Crippen molar-refractivity contribution in [3.05, 3.63) is 45.5 Å². The number of hydrogen-bond acceptors (Lipinski definition) is 4. The van der Waals surface area contributed by atoms with Gasteiger partial charge < -0.3 is 5.73 Å². The van der Waals surface area contributed by atoms with Crippen LogP contribution in [0.2, 0.25) is 5.02 Å². The molecule has 0 amide bonds. The Hall–Kier alpha value is -1.04. The predicted octanol–water partition coefficient (Wildman–Crippen LogP) is 1.93. The van der Waals surface area contributed by atoms with Crippen molar-refractivity contribution in [3.8, 4) is 0 Å². The first-order chi connectivity index (χ1) is 8.60. The molecule has 18 heavy (non-hydrogen) atoms. The maximum Gasteiger partial charge on any atom is 0.258 e. The molecule has 0 aliphatic rings. The molecule has 0 aliphatic heterocycles. The summed E-state index contributed by atoms with van der Waals surface area (Å²) in [6.07, 6.45) is 1.58. The number of fused-ring (bicyclic) bond motifs is 1. The lowest BCUT2D eigenvalue weighted by Crippen LogP contribution is -2.16. The third-order valence-corrected chi connectivity index (χ3v) is 3.97. The second-order valence-electron chi connectivity index (χ2n) is 4.02. The lowest BCUT2D eigenvalue weighted by Gasteiger charge is -2.08. The molecule has 96 valence electrons. The number of nitrogens with two attached hydrogens (primary N) is 1. The molecule has 0 aliphatic carbocycles. The van der Waals surface area contributed by atoms with E-state index in [-0.39, 0.29) is 5.56 Å². The Morgan fingerprint density at radius 3 is 3.06 bits per heavy atom. The van der Waals surface area contributed by atoms with Crippen LogP contribution in [0.1, 0.15) is 12.6 Å². The zero-order chi connectivity index (χ0) is 13.1. The van der Waals surface area contributed by atoms with E-state index < -0.39 is 0 Å². The van der Waals surface area contributed by atoms with Gasteiger partial charge in [-0.25, -0.2) is 4.98 Å². The highest BCUT2D eigenvalue weighted by molar-refractivity contribution is 7.99. The second-order valence-corrected chi connectivity index (χ2v) is 5.88. The minimum Gasteiger partial charge on any atom is -0.329 e. The SMILES string of the molecule is CC(CN)SCc1cc(=O)n2cc(Cl)ccc2n1. The fraction of sp³-hybridized carbons (Fsp3) is 0.333.